The van der Waals surface area contributed by atoms with Crippen molar-refractivity contribution in [3.63, 3.8) is 0 Å². The molecule has 0 spiro atoms. The first-order valence-corrected chi connectivity index (χ1v) is 6.34. The van der Waals surface area contributed by atoms with Gasteiger partial charge in [0.05, 0.1) is 7.11 Å². The van der Waals surface area contributed by atoms with E-state index >= 15 is 0 Å². The monoisotopic (exact) mass is 243 g/mol. The van der Waals surface area contributed by atoms with Gasteiger partial charge in [-0.2, -0.15) is 0 Å². The molecule has 5 heteroatoms. The summed E-state index contributed by atoms with van der Waals surface area (Å²) in [6.45, 7) is 6.30. The zero-order valence-electron chi connectivity index (χ0n) is 11.2. The fraction of sp³-hybridized carbons (Fsp3) is 0.917. The van der Waals surface area contributed by atoms with Gasteiger partial charge < -0.3 is 20.3 Å². The van der Waals surface area contributed by atoms with Gasteiger partial charge in [0.1, 0.15) is 6.04 Å². The van der Waals surface area contributed by atoms with Crippen molar-refractivity contribution in [1.29, 1.82) is 0 Å². The van der Waals surface area contributed by atoms with Crippen LogP contribution in [-0.4, -0.2) is 68.2 Å². The molecule has 1 heterocycles. The maximum absolute atomic E-state index is 11.2. The fourth-order valence-electron chi connectivity index (χ4n) is 2.25. The van der Waals surface area contributed by atoms with E-state index in [4.69, 9.17) is 5.73 Å². The Bertz CT molecular complexity index is 248. The van der Waals surface area contributed by atoms with Crippen LogP contribution in [-0.2, 0) is 9.53 Å². The number of likely N-dealkylation sites (N-methyl/N-ethyl adjacent to an activating group) is 1. The van der Waals surface area contributed by atoms with E-state index in [-0.39, 0.29) is 5.97 Å². The van der Waals surface area contributed by atoms with Crippen LogP contribution in [0.25, 0.3) is 0 Å². The predicted octanol–water partition coefficient (Wildman–Crippen LogP) is -0.0972. The number of methoxy groups -OCH3 is 1. The Morgan fingerprint density at radius 2 is 2.24 bits per heavy atom. The zero-order chi connectivity index (χ0) is 12.8. The summed E-state index contributed by atoms with van der Waals surface area (Å²) in [5.41, 5.74) is 5.73. The topological polar surface area (TPSA) is 58.8 Å². The molecule has 0 saturated carbocycles. The molecule has 2 atom stereocenters. The maximum atomic E-state index is 11.2. The Labute approximate surface area is 104 Å². The Kier molecular flexibility index (Phi) is 5.88. The zero-order valence-corrected chi connectivity index (χ0v) is 11.2. The van der Waals surface area contributed by atoms with Gasteiger partial charge in [0.25, 0.3) is 0 Å². The molecule has 0 aromatic rings. The number of piperazine rings is 1. The fourth-order valence-corrected chi connectivity index (χ4v) is 2.25. The first-order valence-electron chi connectivity index (χ1n) is 6.34. The summed E-state index contributed by atoms with van der Waals surface area (Å²) >= 11 is 0. The van der Waals surface area contributed by atoms with Gasteiger partial charge in [-0.15, -0.1) is 0 Å². The molecule has 2 N–H and O–H groups in total. The van der Waals surface area contributed by atoms with E-state index in [1.165, 1.54) is 7.11 Å². The number of nitrogens with two attached hydrogens (primary N) is 1. The smallest absolute Gasteiger partial charge is 0.322 e. The van der Waals surface area contributed by atoms with E-state index < -0.39 is 6.04 Å². The van der Waals surface area contributed by atoms with Gasteiger partial charge in [0.2, 0.25) is 0 Å². The number of esters is 1. The van der Waals surface area contributed by atoms with Gasteiger partial charge >= 0.3 is 5.97 Å². The number of carbonyl (C=O) groups is 1. The number of carbonyl (C=O) groups excluding carboxylic acids is 1. The first kappa shape index (κ1) is 14.4. The van der Waals surface area contributed by atoms with Gasteiger partial charge in [0, 0.05) is 32.2 Å². The van der Waals surface area contributed by atoms with Gasteiger partial charge in [0.15, 0.2) is 0 Å². The van der Waals surface area contributed by atoms with Gasteiger partial charge in [-0.05, 0) is 19.9 Å². The summed E-state index contributed by atoms with van der Waals surface area (Å²) in [5, 5.41) is 0. The lowest BCUT2D eigenvalue weighted by Gasteiger charge is -2.39. The minimum atomic E-state index is -0.486. The summed E-state index contributed by atoms with van der Waals surface area (Å²) < 4.78 is 4.62. The molecule has 2 unspecified atom stereocenters. The molecule has 1 aliphatic rings. The summed E-state index contributed by atoms with van der Waals surface area (Å²) in [5.74, 6) is -0.314. The first-order chi connectivity index (χ1) is 8.08. The lowest BCUT2D eigenvalue weighted by molar-refractivity contribution is -0.142. The highest BCUT2D eigenvalue weighted by Gasteiger charge is 2.23. The van der Waals surface area contributed by atoms with Crippen molar-refractivity contribution in [2.45, 2.75) is 31.8 Å². The normalized spacial score (nSPS) is 24.6. The molecule has 0 aliphatic carbocycles. The van der Waals surface area contributed by atoms with Gasteiger partial charge in [-0.1, -0.05) is 6.92 Å². The third-order valence-electron chi connectivity index (χ3n) is 3.59. The maximum Gasteiger partial charge on any atom is 0.322 e. The van der Waals surface area contributed by atoms with Crippen LogP contribution >= 0.6 is 0 Å². The average molecular weight is 243 g/mol. The molecule has 0 aromatic carbocycles. The van der Waals surface area contributed by atoms with Gasteiger partial charge in [-0.3, -0.25) is 4.79 Å². The van der Waals surface area contributed by atoms with Crippen LogP contribution in [0.5, 0.6) is 0 Å². The summed E-state index contributed by atoms with van der Waals surface area (Å²) in [6, 6.07) is 0.137. The highest BCUT2D eigenvalue weighted by atomic mass is 16.5. The second-order valence-electron chi connectivity index (χ2n) is 4.76. The summed E-state index contributed by atoms with van der Waals surface area (Å²) in [6.07, 6.45) is 1.84. The molecular weight excluding hydrogens is 218 g/mol. The molecule has 0 aromatic heterocycles. The van der Waals surface area contributed by atoms with E-state index in [1.807, 2.05) is 0 Å². The molecule has 1 saturated heterocycles. The van der Waals surface area contributed by atoms with Crippen LogP contribution in [0.1, 0.15) is 19.8 Å². The highest BCUT2D eigenvalue weighted by Crippen LogP contribution is 2.11. The van der Waals surface area contributed by atoms with E-state index in [0.29, 0.717) is 12.5 Å². The highest BCUT2D eigenvalue weighted by molar-refractivity contribution is 5.75. The van der Waals surface area contributed by atoms with Crippen LogP contribution in [0.2, 0.25) is 0 Å². The van der Waals surface area contributed by atoms with E-state index in [9.17, 15) is 4.79 Å². The molecule has 100 valence electrons. The Hall–Kier alpha value is -0.650. The largest absolute Gasteiger partial charge is 0.468 e. The van der Waals surface area contributed by atoms with Crippen LogP contribution < -0.4 is 5.73 Å². The Balaban J connectivity index is 2.30. The third kappa shape index (κ3) is 4.26. The van der Waals surface area contributed by atoms with Crippen molar-refractivity contribution < 1.29 is 9.53 Å². The van der Waals surface area contributed by atoms with Gasteiger partial charge in [-0.25, -0.2) is 0 Å². The minimum absolute atomic E-state index is 0.314. The van der Waals surface area contributed by atoms with Crippen LogP contribution in [0.4, 0.5) is 0 Å². The van der Waals surface area contributed by atoms with Crippen LogP contribution in [0.15, 0.2) is 0 Å². The predicted molar refractivity (Wildman–Crippen MR) is 67.8 cm³/mol. The lowest BCUT2D eigenvalue weighted by Crippen LogP contribution is -2.52. The molecule has 0 amide bonds. The Morgan fingerprint density at radius 1 is 1.53 bits per heavy atom. The number of rotatable bonds is 5. The van der Waals surface area contributed by atoms with E-state index in [2.05, 4.69) is 28.5 Å². The second kappa shape index (κ2) is 6.93. The Morgan fingerprint density at radius 3 is 2.82 bits per heavy atom. The lowest BCUT2D eigenvalue weighted by atomic mass is 10.1. The van der Waals surface area contributed by atoms with Crippen molar-refractivity contribution in [1.82, 2.24) is 9.80 Å². The number of hydrogen-bond acceptors (Lipinski definition) is 5. The number of ether oxygens (including phenoxy) is 1. The van der Waals surface area contributed by atoms with Crippen molar-refractivity contribution in [2.24, 2.45) is 5.73 Å². The molecule has 1 fully saturated rings. The number of nitrogens with zero attached hydrogens (tertiary/aromatic N) is 2. The molecule has 1 aliphatic heterocycles. The molecule has 5 nitrogen and oxygen atoms in total. The average Bonchev–Trinajstić information content (AvgIpc) is 2.36. The number of hydrogen-bond donors (Lipinski definition) is 1. The van der Waals surface area contributed by atoms with E-state index in [0.717, 1.165) is 32.6 Å². The molecule has 0 radical (unpaired) electrons. The van der Waals surface area contributed by atoms with Crippen molar-refractivity contribution in [3.05, 3.63) is 0 Å². The summed E-state index contributed by atoms with van der Waals surface area (Å²) in [7, 11) is 3.55. The van der Waals surface area contributed by atoms with Crippen LogP contribution in [0.3, 0.4) is 0 Å². The van der Waals surface area contributed by atoms with Crippen molar-refractivity contribution >= 4 is 5.97 Å². The molecule has 17 heavy (non-hydrogen) atoms. The molecule has 0 bridgehead atoms. The second-order valence-corrected chi connectivity index (χ2v) is 4.76. The molecular formula is C12H25N3O2. The minimum Gasteiger partial charge on any atom is -0.468 e. The van der Waals surface area contributed by atoms with Crippen molar-refractivity contribution in [2.75, 3.05) is 40.3 Å². The van der Waals surface area contributed by atoms with E-state index in [1.54, 1.807) is 0 Å². The van der Waals surface area contributed by atoms with Crippen LogP contribution in [0, 0.1) is 0 Å². The standard InChI is InChI=1S/C12H25N3O2/c1-4-10-9-15(8-7-14(10)2)6-5-11(13)12(16)17-3/h10-11H,4-9,13H2,1-3H3. The third-order valence-corrected chi connectivity index (χ3v) is 3.59. The van der Waals surface area contributed by atoms with Crippen molar-refractivity contribution in [3.8, 4) is 0 Å². The molecule has 1 rings (SSSR count). The summed E-state index contributed by atoms with van der Waals surface area (Å²) in [4.78, 5) is 16.0. The quantitative estimate of drug-likeness (QED) is 0.684. The SMILES string of the molecule is CCC1CN(CCC(N)C(=O)OC)CCN1C.